The van der Waals surface area contributed by atoms with E-state index in [1.807, 2.05) is 12.1 Å². The van der Waals surface area contributed by atoms with Crippen LogP contribution in [0.3, 0.4) is 0 Å². The monoisotopic (exact) mass is 344 g/mol. The van der Waals surface area contributed by atoms with E-state index in [-0.39, 0.29) is 5.91 Å². The SMILES string of the molecule is CN(CCCOc1cccc(Cl)c1)C(=O)c1nccn2ccnc12. The summed E-state index contributed by atoms with van der Waals surface area (Å²) in [7, 11) is 1.75. The Morgan fingerprint density at radius 1 is 1.29 bits per heavy atom. The summed E-state index contributed by atoms with van der Waals surface area (Å²) in [5.74, 6) is 0.565. The molecule has 3 rings (SSSR count). The number of imidazole rings is 1. The molecule has 124 valence electrons. The molecule has 2 aromatic heterocycles. The number of ether oxygens (including phenoxy) is 1. The normalized spacial score (nSPS) is 10.8. The van der Waals surface area contributed by atoms with Gasteiger partial charge < -0.3 is 14.0 Å². The molecule has 6 nitrogen and oxygen atoms in total. The van der Waals surface area contributed by atoms with Gasteiger partial charge in [-0.2, -0.15) is 0 Å². The molecule has 0 aliphatic carbocycles. The highest BCUT2D eigenvalue weighted by Crippen LogP contribution is 2.17. The van der Waals surface area contributed by atoms with Crippen molar-refractivity contribution in [2.45, 2.75) is 6.42 Å². The van der Waals surface area contributed by atoms with Gasteiger partial charge in [-0.1, -0.05) is 17.7 Å². The van der Waals surface area contributed by atoms with E-state index in [1.165, 1.54) is 0 Å². The Morgan fingerprint density at radius 2 is 2.08 bits per heavy atom. The van der Waals surface area contributed by atoms with Crippen molar-refractivity contribution < 1.29 is 9.53 Å². The highest BCUT2D eigenvalue weighted by Gasteiger charge is 2.17. The number of hydrogen-bond donors (Lipinski definition) is 0. The van der Waals surface area contributed by atoms with Gasteiger partial charge in [0.1, 0.15) is 5.75 Å². The molecule has 0 aliphatic heterocycles. The predicted octanol–water partition coefficient (Wildman–Crippen LogP) is 2.92. The third-order valence-corrected chi connectivity index (χ3v) is 3.80. The fourth-order valence-electron chi connectivity index (χ4n) is 2.34. The van der Waals surface area contributed by atoms with Gasteiger partial charge >= 0.3 is 0 Å². The zero-order valence-electron chi connectivity index (χ0n) is 13.2. The lowest BCUT2D eigenvalue weighted by atomic mass is 10.3. The van der Waals surface area contributed by atoms with Crippen molar-refractivity contribution in [2.75, 3.05) is 20.2 Å². The van der Waals surface area contributed by atoms with Crippen molar-refractivity contribution in [1.29, 1.82) is 0 Å². The quantitative estimate of drug-likeness (QED) is 0.645. The molecule has 0 saturated carbocycles. The van der Waals surface area contributed by atoms with Crippen molar-refractivity contribution in [2.24, 2.45) is 0 Å². The Bertz CT molecular complexity index is 849. The maximum atomic E-state index is 12.5. The van der Waals surface area contributed by atoms with Gasteiger partial charge in [0.25, 0.3) is 5.91 Å². The van der Waals surface area contributed by atoms with Crippen LogP contribution in [-0.4, -0.2) is 45.4 Å². The van der Waals surface area contributed by atoms with E-state index in [0.717, 1.165) is 5.75 Å². The van der Waals surface area contributed by atoms with E-state index < -0.39 is 0 Å². The van der Waals surface area contributed by atoms with Crippen LogP contribution in [0, 0.1) is 0 Å². The number of carbonyl (C=O) groups is 1. The molecule has 0 atom stereocenters. The van der Waals surface area contributed by atoms with E-state index in [0.29, 0.717) is 35.9 Å². The summed E-state index contributed by atoms with van der Waals surface area (Å²) in [6.45, 7) is 1.06. The molecule has 0 saturated heterocycles. The Morgan fingerprint density at radius 3 is 2.88 bits per heavy atom. The molecular formula is C17H17ClN4O2. The molecule has 0 radical (unpaired) electrons. The summed E-state index contributed by atoms with van der Waals surface area (Å²) in [6, 6.07) is 7.25. The summed E-state index contributed by atoms with van der Waals surface area (Å²) in [5.41, 5.74) is 0.908. The van der Waals surface area contributed by atoms with E-state index >= 15 is 0 Å². The van der Waals surface area contributed by atoms with Gasteiger partial charge in [-0.15, -0.1) is 0 Å². The second kappa shape index (κ2) is 7.31. The molecule has 0 fully saturated rings. The number of nitrogens with zero attached hydrogens (tertiary/aromatic N) is 4. The minimum atomic E-state index is -0.158. The fraction of sp³-hybridized carbons (Fsp3) is 0.235. The molecule has 3 aromatic rings. The van der Waals surface area contributed by atoms with Gasteiger partial charge in [0.2, 0.25) is 0 Å². The first kappa shape index (κ1) is 16.3. The second-order valence-corrected chi connectivity index (χ2v) is 5.76. The Hall–Kier alpha value is -2.60. The van der Waals surface area contributed by atoms with E-state index in [9.17, 15) is 4.79 Å². The minimum Gasteiger partial charge on any atom is -0.493 e. The van der Waals surface area contributed by atoms with Crippen molar-refractivity contribution >= 4 is 23.2 Å². The van der Waals surface area contributed by atoms with E-state index in [2.05, 4.69) is 9.97 Å². The van der Waals surface area contributed by atoms with Gasteiger partial charge in [-0.25, -0.2) is 9.97 Å². The summed E-state index contributed by atoms with van der Waals surface area (Å²) in [5, 5.41) is 0.638. The number of benzene rings is 1. The van der Waals surface area contributed by atoms with Crippen molar-refractivity contribution in [3.05, 3.63) is 59.8 Å². The number of halogens is 1. The van der Waals surface area contributed by atoms with Crippen LogP contribution >= 0.6 is 11.6 Å². The van der Waals surface area contributed by atoms with Crippen molar-refractivity contribution in [1.82, 2.24) is 19.3 Å². The lowest BCUT2D eigenvalue weighted by Crippen LogP contribution is -2.29. The van der Waals surface area contributed by atoms with Gasteiger partial charge in [0.15, 0.2) is 11.3 Å². The summed E-state index contributed by atoms with van der Waals surface area (Å²) < 4.78 is 7.40. The van der Waals surface area contributed by atoms with E-state index in [4.69, 9.17) is 16.3 Å². The molecule has 0 bridgehead atoms. The smallest absolute Gasteiger partial charge is 0.276 e. The molecule has 24 heavy (non-hydrogen) atoms. The molecule has 1 aromatic carbocycles. The average molecular weight is 345 g/mol. The third kappa shape index (κ3) is 3.65. The van der Waals surface area contributed by atoms with Crippen LogP contribution < -0.4 is 4.74 Å². The van der Waals surface area contributed by atoms with Gasteiger partial charge in [-0.05, 0) is 24.6 Å². The van der Waals surface area contributed by atoms with Crippen molar-refractivity contribution in [3.8, 4) is 5.75 Å². The first-order valence-electron chi connectivity index (χ1n) is 7.56. The van der Waals surface area contributed by atoms with Gasteiger partial charge in [0.05, 0.1) is 6.61 Å². The number of carbonyl (C=O) groups excluding carboxylic acids is 1. The first-order chi connectivity index (χ1) is 11.6. The average Bonchev–Trinajstić information content (AvgIpc) is 3.06. The molecule has 0 aliphatic rings. The number of rotatable bonds is 6. The number of hydrogen-bond acceptors (Lipinski definition) is 4. The topological polar surface area (TPSA) is 59.7 Å². The van der Waals surface area contributed by atoms with Crippen LogP contribution in [0.4, 0.5) is 0 Å². The zero-order chi connectivity index (χ0) is 16.9. The zero-order valence-corrected chi connectivity index (χ0v) is 14.0. The van der Waals surface area contributed by atoms with Crippen LogP contribution in [0.15, 0.2) is 49.1 Å². The molecule has 7 heteroatoms. The molecule has 0 unspecified atom stereocenters. The van der Waals surface area contributed by atoms with Gasteiger partial charge in [-0.3, -0.25) is 4.79 Å². The number of amides is 1. The molecule has 0 N–H and O–H groups in total. The molecule has 0 spiro atoms. The van der Waals surface area contributed by atoms with Crippen LogP contribution in [0.5, 0.6) is 5.75 Å². The molecule has 1 amide bonds. The predicted molar refractivity (Wildman–Crippen MR) is 91.5 cm³/mol. The second-order valence-electron chi connectivity index (χ2n) is 5.32. The van der Waals surface area contributed by atoms with E-state index in [1.54, 1.807) is 53.3 Å². The Kier molecular flexibility index (Phi) is 4.96. The van der Waals surface area contributed by atoms with Crippen molar-refractivity contribution in [3.63, 3.8) is 0 Å². The number of fused-ring (bicyclic) bond motifs is 1. The standard InChI is InChI=1S/C17H17ClN4O2/c1-21(8-3-11-24-14-5-2-4-13(18)12-14)17(23)15-16-20-7-10-22(16)9-6-19-15/h2,4-7,9-10,12H,3,8,11H2,1H3. The van der Waals surface area contributed by atoms with Crippen LogP contribution in [0.2, 0.25) is 5.02 Å². The maximum absolute atomic E-state index is 12.5. The largest absolute Gasteiger partial charge is 0.493 e. The lowest BCUT2D eigenvalue weighted by Gasteiger charge is -2.17. The third-order valence-electron chi connectivity index (χ3n) is 3.56. The highest BCUT2D eigenvalue weighted by atomic mass is 35.5. The fourth-order valence-corrected chi connectivity index (χ4v) is 2.52. The Balaban J connectivity index is 1.54. The summed E-state index contributed by atoms with van der Waals surface area (Å²) in [6.07, 6.45) is 7.49. The molecular weight excluding hydrogens is 328 g/mol. The maximum Gasteiger partial charge on any atom is 0.276 e. The van der Waals surface area contributed by atoms with Crippen LogP contribution in [0.1, 0.15) is 16.9 Å². The number of aromatic nitrogens is 3. The molecule has 2 heterocycles. The Labute approximate surface area is 144 Å². The van der Waals surface area contributed by atoms with Crippen LogP contribution in [0.25, 0.3) is 5.65 Å². The first-order valence-corrected chi connectivity index (χ1v) is 7.94. The summed E-state index contributed by atoms with van der Waals surface area (Å²) >= 11 is 5.91. The minimum absolute atomic E-state index is 0.158. The van der Waals surface area contributed by atoms with Gasteiger partial charge in [0, 0.05) is 43.4 Å². The summed E-state index contributed by atoms with van der Waals surface area (Å²) in [4.78, 5) is 22.5. The lowest BCUT2D eigenvalue weighted by molar-refractivity contribution is 0.0783. The van der Waals surface area contributed by atoms with Crippen LogP contribution in [-0.2, 0) is 0 Å². The highest BCUT2D eigenvalue weighted by molar-refractivity contribution is 6.30.